The minimum absolute atomic E-state index is 0.296. The third kappa shape index (κ3) is 2.85. The van der Waals surface area contributed by atoms with Gasteiger partial charge in [-0.1, -0.05) is 6.92 Å². The summed E-state index contributed by atoms with van der Waals surface area (Å²) in [6, 6.07) is 0.463. The van der Waals surface area contributed by atoms with E-state index in [1.165, 1.54) is 35.0 Å². The zero-order valence-corrected chi connectivity index (χ0v) is 13.5. The Hall–Kier alpha value is -0.650. The van der Waals surface area contributed by atoms with Gasteiger partial charge in [-0.3, -0.25) is 0 Å². The number of nitrogens with one attached hydrogen (secondary N) is 1. The summed E-state index contributed by atoms with van der Waals surface area (Å²) in [7, 11) is 0. The summed E-state index contributed by atoms with van der Waals surface area (Å²) >= 11 is 1.89. The van der Waals surface area contributed by atoms with Crippen molar-refractivity contribution in [2.75, 3.05) is 24.5 Å². The molecule has 1 aromatic heterocycles. The molecule has 1 unspecified atom stereocenters. The van der Waals surface area contributed by atoms with Crippen LogP contribution in [0.2, 0.25) is 0 Å². The van der Waals surface area contributed by atoms with Gasteiger partial charge in [0.15, 0.2) is 5.13 Å². The lowest BCUT2D eigenvalue weighted by Crippen LogP contribution is -2.45. The standard InChI is InChI=1S/C15H25N3OS/c1-4-16-12-6-5-7-13-14(12)17-15(20-13)18-8-10(2)19-11(3)9-18/h10-12,16H,4-9H2,1-3H3/t10-,11+,12?. The number of anilines is 1. The molecule has 4 nitrogen and oxygen atoms in total. The average Bonchev–Trinajstić information content (AvgIpc) is 2.83. The Balaban J connectivity index is 1.81. The molecule has 112 valence electrons. The number of aryl methyl sites for hydroxylation is 1. The lowest BCUT2D eigenvalue weighted by molar-refractivity contribution is -0.00523. The minimum Gasteiger partial charge on any atom is -0.372 e. The molecule has 0 spiro atoms. The topological polar surface area (TPSA) is 37.4 Å². The monoisotopic (exact) mass is 295 g/mol. The summed E-state index contributed by atoms with van der Waals surface area (Å²) in [6.07, 6.45) is 4.29. The van der Waals surface area contributed by atoms with Crippen molar-refractivity contribution in [3.63, 3.8) is 0 Å². The third-order valence-corrected chi connectivity index (χ3v) is 5.28. The Labute approximate surface area is 125 Å². The number of nitrogens with zero attached hydrogens (tertiary/aromatic N) is 2. The first-order chi connectivity index (χ1) is 9.67. The molecular weight excluding hydrogens is 270 g/mol. The second kappa shape index (κ2) is 6.00. The fraction of sp³-hybridized carbons (Fsp3) is 0.800. The Morgan fingerprint density at radius 1 is 1.35 bits per heavy atom. The van der Waals surface area contributed by atoms with Crippen LogP contribution >= 0.6 is 11.3 Å². The number of hydrogen-bond donors (Lipinski definition) is 1. The van der Waals surface area contributed by atoms with Crippen LogP contribution in [0.25, 0.3) is 0 Å². The molecule has 0 bridgehead atoms. The van der Waals surface area contributed by atoms with Gasteiger partial charge in [0.1, 0.15) is 0 Å². The van der Waals surface area contributed by atoms with Gasteiger partial charge in [0, 0.05) is 18.0 Å². The number of ether oxygens (including phenoxy) is 1. The fourth-order valence-corrected chi connectivity index (χ4v) is 4.50. The highest BCUT2D eigenvalue weighted by Crippen LogP contribution is 2.37. The van der Waals surface area contributed by atoms with Crippen LogP contribution in [0.5, 0.6) is 0 Å². The summed E-state index contributed by atoms with van der Waals surface area (Å²) in [4.78, 5) is 8.87. The van der Waals surface area contributed by atoms with E-state index in [9.17, 15) is 0 Å². The molecule has 5 heteroatoms. The molecule has 1 N–H and O–H groups in total. The van der Waals surface area contributed by atoms with Crippen molar-refractivity contribution >= 4 is 16.5 Å². The van der Waals surface area contributed by atoms with Crippen LogP contribution < -0.4 is 10.2 Å². The number of hydrogen-bond acceptors (Lipinski definition) is 5. The molecule has 1 saturated heterocycles. The zero-order chi connectivity index (χ0) is 14.1. The highest BCUT2D eigenvalue weighted by Gasteiger charge is 2.29. The molecular formula is C15H25N3OS. The van der Waals surface area contributed by atoms with Gasteiger partial charge >= 0.3 is 0 Å². The van der Waals surface area contributed by atoms with Gasteiger partial charge < -0.3 is 15.0 Å². The first-order valence-corrected chi connectivity index (χ1v) is 8.62. The molecule has 1 aromatic rings. The van der Waals surface area contributed by atoms with Gasteiger partial charge in [-0.2, -0.15) is 0 Å². The van der Waals surface area contributed by atoms with E-state index < -0.39 is 0 Å². The van der Waals surface area contributed by atoms with Crippen LogP contribution in [0, 0.1) is 0 Å². The number of morpholine rings is 1. The van der Waals surface area contributed by atoms with Crippen molar-refractivity contribution in [3.8, 4) is 0 Å². The number of aromatic nitrogens is 1. The maximum Gasteiger partial charge on any atom is 0.186 e. The molecule has 3 atom stereocenters. The molecule has 0 radical (unpaired) electrons. The molecule has 2 heterocycles. The third-order valence-electron chi connectivity index (χ3n) is 4.08. The van der Waals surface area contributed by atoms with Gasteiger partial charge in [0.2, 0.25) is 0 Å². The smallest absolute Gasteiger partial charge is 0.186 e. The SMILES string of the molecule is CCNC1CCCc2sc(N3C[C@@H](C)O[C@@H](C)C3)nc21. The largest absolute Gasteiger partial charge is 0.372 e. The molecule has 3 rings (SSSR count). The van der Waals surface area contributed by atoms with Crippen LogP contribution in [-0.4, -0.2) is 36.8 Å². The van der Waals surface area contributed by atoms with Gasteiger partial charge in [0.05, 0.1) is 23.9 Å². The predicted octanol–water partition coefficient (Wildman–Crippen LogP) is 2.74. The predicted molar refractivity (Wildman–Crippen MR) is 83.7 cm³/mol. The van der Waals surface area contributed by atoms with E-state index >= 15 is 0 Å². The zero-order valence-electron chi connectivity index (χ0n) is 12.7. The van der Waals surface area contributed by atoms with Crippen LogP contribution in [0.1, 0.15) is 50.2 Å². The molecule has 20 heavy (non-hydrogen) atoms. The lowest BCUT2D eigenvalue weighted by Gasteiger charge is -2.35. The summed E-state index contributed by atoms with van der Waals surface area (Å²) in [5.74, 6) is 0. The fourth-order valence-electron chi connectivity index (χ4n) is 3.32. The summed E-state index contributed by atoms with van der Waals surface area (Å²) in [5, 5.41) is 4.77. The van der Waals surface area contributed by atoms with Crippen molar-refractivity contribution in [2.45, 2.75) is 58.3 Å². The highest BCUT2D eigenvalue weighted by molar-refractivity contribution is 7.15. The quantitative estimate of drug-likeness (QED) is 0.930. The van der Waals surface area contributed by atoms with E-state index in [4.69, 9.17) is 9.72 Å². The van der Waals surface area contributed by atoms with E-state index in [0.29, 0.717) is 18.2 Å². The van der Waals surface area contributed by atoms with E-state index in [0.717, 1.165) is 19.6 Å². The van der Waals surface area contributed by atoms with Gasteiger partial charge in [-0.25, -0.2) is 4.98 Å². The van der Waals surface area contributed by atoms with E-state index in [-0.39, 0.29) is 0 Å². The number of rotatable bonds is 3. The molecule has 0 aromatic carbocycles. The highest BCUT2D eigenvalue weighted by atomic mass is 32.1. The summed E-state index contributed by atoms with van der Waals surface area (Å²) in [5.41, 5.74) is 1.31. The van der Waals surface area contributed by atoms with Crippen molar-refractivity contribution in [3.05, 3.63) is 10.6 Å². The average molecular weight is 295 g/mol. The van der Waals surface area contributed by atoms with Gasteiger partial charge in [-0.15, -0.1) is 11.3 Å². The minimum atomic E-state index is 0.296. The summed E-state index contributed by atoms with van der Waals surface area (Å²) in [6.45, 7) is 9.41. The maximum absolute atomic E-state index is 5.82. The van der Waals surface area contributed by atoms with E-state index in [2.05, 4.69) is 31.0 Å². The maximum atomic E-state index is 5.82. The molecule has 0 amide bonds. The molecule has 1 fully saturated rings. The molecule has 0 saturated carbocycles. The van der Waals surface area contributed by atoms with Crippen LogP contribution in [-0.2, 0) is 11.2 Å². The van der Waals surface area contributed by atoms with Crippen LogP contribution in [0.3, 0.4) is 0 Å². The second-order valence-electron chi connectivity index (χ2n) is 5.97. The molecule has 1 aliphatic carbocycles. The Morgan fingerprint density at radius 2 is 2.10 bits per heavy atom. The molecule has 2 aliphatic rings. The number of thiazole rings is 1. The van der Waals surface area contributed by atoms with E-state index in [1.807, 2.05) is 11.3 Å². The molecule has 1 aliphatic heterocycles. The summed E-state index contributed by atoms with van der Waals surface area (Å²) < 4.78 is 5.82. The first kappa shape index (κ1) is 14.3. The van der Waals surface area contributed by atoms with Crippen molar-refractivity contribution in [1.29, 1.82) is 0 Å². The lowest BCUT2D eigenvalue weighted by atomic mass is 9.98. The Kier molecular flexibility index (Phi) is 4.29. The van der Waals surface area contributed by atoms with Crippen LogP contribution in [0.4, 0.5) is 5.13 Å². The second-order valence-corrected chi connectivity index (χ2v) is 7.03. The Morgan fingerprint density at radius 3 is 2.80 bits per heavy atom. The van der Waals surface area contributed by atoms with Gasteiger partial charge in [-0.05, 0) is 39.7 Å². The van der Waals surface area contributed by atoms with E-state index in [1.54, 1.807) is 0 Å². The normalized spacial score (nSPS) is 30.4. The van der Waals surface area contributed by atoms with Crippen LogP contribution in [0.15, 0.2) is 0 Å². The van der Waals surface area contributed by atoms with Gasteiger partial charge in [0.25, 0.3) is 0 Å². The van der Waals surface area contributed by atoms with Crippen molar-refractivity contribution in [1.82, 2.24) is 10.3 Å². The number of fused-ring (bicyclic) bond motifs is 1. The first-order valence-electron chi connectivity index (χ1n) is 7.80. The van der Waals surface area contributed by atoms with Crippen molar-refractivity contribution < 1.29 is 4.74 Å². The van der Waals surface area contributed by atoms with Crippen molar-refractivity contribution in [2.24, 2.45) is 0 Å². The Bertz CT molecular complexity index is 452.